The van der Waals surface area contributed by atoms with Gasteiger partial charge in [-0.1, -0.05) is 36.7 Å². The number of aryl methyl sites for hydroxylation is 1. The number of hydrogen-bond donors (Lipinski definition) is 1. The molecule has 0 aromatic heterocycles. The van der Waals surface area contributed by atoms with Crippen molar-refractivity contribution in [2.24, 2.45) is 17.8 Å². The van der Waals surface area contributed by atoms with Gasteiger partial charge in [0.2, 0.25) is 10.0 Å². The van der Waals surface area contributed by atoms with Gasteiger partial charge in [-0.3, -0.25) is 4.79 Å². The predicted molar refractivity (Wildman–Crippen MR) is 188 cm³/mol. The highest BCUT2D eigenvalue weighted by atomic mass is 35.5. The van der Waals surface area contributed by atoms with E-state index in [0.717, 1.165) is 55.9 Å². The number of carbonyl (C=O) groups excluding carboxylic acids is 1. The minimum atomic E-state index is -4.05. The first-order valence-electron chi connectivity index (χ1n) is 17.3. The minimum Gasteiger partial charge on any atom is -0.490 e. The Hall–Kier alpha value is -2.63. The zero-order chi connectivity index (χ0) is 33.9. The second-order valence-electron chi connectivity index (χ2n) is 14.0. The highest BCUT2D eigenvalue weighted by Gasteiger charge is 2.44. The first-order chi connectivity index (χ1) is 23.1. The molecule has 48 heavy (non-hydrogen) atoms. The third-order valence-corrected chi connectivity index (χ3v) is 13.2. The Bertz CT molecular complexity index is 1600. The van der Waals surface area contributed by atoms with Crippen molar-refractivity contribution in [2.75, 3.05) is 58.6 Å². The number of sulfonamides is 1. The van der Waals surface area contributed by atoms with E-state index >= 15 is 0 Å². The van der Waals surface area contributed by atoms with Crippen LogP contribution in [-0.4, -0.2) is 79.4 Å². The average Bonchev–Trinajstić information content (AvgIpc) is 3.20. The molecule has 6 atom stereocenters. The highest BCUT2D eigenvalue weighted by Crippen LogP contribution is 2.47. The summed E-state index contributed by atoms with van der Waals surface area (Å²) in [6.07, 6.45) is 10.0. The number of halogens is 1. The van der Waals surface area contributed by atoms with Crippen molar-refractivity contribution in [3.8, 4) is 5.75 Å². The molecule has 2 bridgehead atoms. The third kappa shape index (κ3) is 7.43. The summed E-state index contributed by atoms with van der Waals surface area (Å²) in [4.78, 5) is 16.1. The molecule has 11 heteroatoms. The fourth-order valence-corrected chi connectivity index (χ4v) is 10.1. The van der Waals surface area contributed by atoms with E-state index in [1.165, 1.54) is 11.1 Å². The van der Waals surface area contributed by atoms with E-state index in [4.69, 9.17) is 30.5 Å². The van der Waals surface area contributed by atoms with E-state index in [9.17, 15) is 13.2 Å². The van der Waals surface area contributed by atoms with Crippen LogP contribution in [0.5, 0.6) is 5.75 Å². The molecule has 2 aliphatic heterocycles. The molecule has 0 radical (unpaired) electrons. The Morgan fingerprint density at radius 3 is 2.73 bits per heavy atom. The van der Waals surface area contributed by atoms with Gasteiger partial charge in [0.05, 0.1) is 36.9 Å². The third-order valence-electron chi connectivity index (χ3n) is 11.0. The topological polar surface area (TPSA) is 103 Å². The summed E-state index contributed by atoms with van der Waals surface area (Å²) >= 11 is 6.44. The van der Waals surface area contributed by atoms with E-state index in [1.54, 1.807) is 20.3 Å². The lowest BCUT2D eigenvalue weighted by molar-refractivity contribution is 0.0131. The van der Waals surface area contributed by atoms with Crippen LogP contribution in [0.3, 0.4) is 0 Å². The smallest absolute Gasteiger partial charge is 0.264 e. The van der Waals surface area contributed by atoms with Crippen molar-refractivity contribution < 1.29 is 32.2 Å². The molecule has 1 N–H and O–H groups in total. The van der Waals surface area contributed by atoms with Crippen LogP contribution in [0.15, 0.2) is 48.6 Å². The summed E-state index contributed by atoms with van der Waals surface area (Å²) in [7, 11) is -0.701. The fraction of sp³-hybridized carbons (Fsp3) is 0.595. The lowest BCUT2D eigenvalue weighted by Gasteiger charge is -2.46. The molecule has 2 aromatic rings. The minimum absolute atomic E-state index is 0.0727. The summed E-state index contributed by atoms with van der Waals surface area (Å²) in [6.45, 7) is 4.96. The van der Waals surface area contributed by atoms with Gasteiger partial charge >= 0.3 is 0 Å². The molecule has 6 rings (SSSR count). The Morgan fingerprint density at radius 2 is 1.96 bits per heavy atom. The van der Waals surface area contributed by atoms with Gasteiger partial charge in [-0.2, -0.15) is 0 Å². The summed E-state index contributed by atoms with van der Waals surface area (Å²) in [5.74, 6) is 0.509. The first-order valence-corrected chi connectivity index (χ1v) is 19.2. The number of amides is 1. The molecule has 2 heterocycles. The summed E-state index contributed by atoms with van der Waals surface area (Å²) in [5, 5.41) is -0.0927. The van der Waals surface area contributed by atoms with Crippen LogP contribution in [0.1, 0.15) is 66.9 Å². The quantitative estimate of drug-likeness (QED) is 0.280. The summed E-state index contributed by atoms with van der Waals surface area (Å²) in [6, 6.07) is 11.5. The van der Waals surface area contributed by atoms with Crippen LogP contribution in [0.25, 0.3) is 0 Å². The van der Waals surface area contributed by atoms with E-state index in [2.05, 4.69) is 33.9 Å². The highest BCUT2D eigenvalue weighted by molar-refractivity contribution is 7.90. The number of nitrogens with one attached hydrogen (secondary N) is 1. The number of anilines is 1. The number of fused-ring (bicyclic) bond motifs is 4. The summed E-state index contributed by atoms with van der Waals surface area (Å²) < 4.78 is 53.5. The number of nitrogens with zero attached hydrogens (tertiary/aromatic N) is 1. The van der Waals surface area contributed by atoms with Gasteiger partial charge in [-0.15, -0.1) is 0 Å². The molecular weight excluding hydrogens is 652 g/mol. The van der Waals surface area contributed by atoms with Crippen LogP contribution in [-0.2, 0) is 36.1 Å². The molecule has 1 amide bonds. The van der Waals surface area contributed by atoms with Crippen molar-refractivity contribution in [1.29, 1.82) is 0 Å². The van der Waals surface area contributed by atoms with Gasteiger partial charge in [-0.05, 0) is 104 Å². The Balaban J connectivity index is 1.37. The molecule has 1 saturated carbocycles. The van der Waals surface area contributed by atoms with Crippen molar-refractivity contribution in [3.05, 3.63) is 70.3 Å². The van der Waals surface area contributed by atoms with Crippen LogP contribution in [0.2, 0.25) is 5.02 Å². The monoisotopic (exact) mass is 700 g/mol. The van der Waals surface area contributed by atoms with Gasteiger partial charge in [0.25, 0.3) is 5.91 Å². The molecule has 9 nitrogen and oxygen atoms in total. The van der Waals surface area contributed by atoms with E-state index in [1.807, 2.05) is 25.1 Å². The first kappa shape index (κ1) is 35.2. The van der Waals surface area contributed by atoms with Crippen molar-refractivity contribution >= 4 is 33.2 Å². The van der Waals surface area contributed by atoms with Gasteiger partial charge in [0, 0.05) is 49.9 Å². The molecule has 0 unspecified atom stereocenters. The standard InChI is InChI=1S/C37H49ClN2O7S/c1-25-6-4-8-33(45-3)30-12-9-28(30)22-40-23-37(16-5-7-26-20-29(38)11-13-31(26)37)24-47-34-14-10-27(21-32(34)40)36(41)39-48(42,43)35(25)15-17-46-19-18-44-2/h4,8,10-11,13-14,20-21,25,28,30,33,35H,5-7,9,12,15-19,22-24H2,1-3H3,(H,39,41)/b8-4-/t25-,28-,30+,33-,35+,37-/m0/s1. The number of ether oxygens (including phenoxy) is 4. The largest absolute Gasteiger partial charge is 0.490 e. The summed E-state index contributed by atoms with van der Waals surface area (Å²) in [5.41, 5.74) is 3.39. The molecule has 262 valence electrons. The van der Waals surface area contributed by atoms with E-state index in [-0.39, 0.29) is 36.0 Å². The zero-order valence-electron chi connectivity index (χ0n) is 28.3. The molecule has 2 aromatic carbocycles. The van der Waals surface area contributed by atoms with Crippen molar-refractivity contribution in [1.82, 2.24) is 4.72 Å². The Morgan fingerprint density at radius 1 is 1.10 bits per heavy atom. The number of carbonyl (C=O) groups is 1. The van der Waals surface area contributed by atoms with E-state index in [0.29, 0.717) is 43.8 Å². The van der Waals surface area contributed by atoms with Gasteiger partial charge in [0.1, 0.15) is 5.75 Å². The normalized spacial score (nSPS) is 30.6. The maximum absolute atomic E-state index is 13.8. The average molecular weight is 701 g/mol. The SMILES string of the molecule is COCCOCC[C@@H]1[C@@H](C)C/C=C\[C@H](OC)[C@@H]2CC[C@H]2CN2C[C@@]3(CCCc4cc(Cl)ccc43)COc3ccc(cc32)C(=O)NS1(=O)=O. The lowest BCUT2D eigenvalue weighted by Crippen LogP contribution is -2.49. The number of benzene rings is 2. The molecule has 1 spiro atoms. The molecular formula is C37H49ClN2O7S. The predicted octanol–water partition coefficient (Wildman–Crippen LogP) is 5.93. The van der Waals surface area contributed by atoms with Crippen molar-refractivity contribution in [3.63, 3.8) is 0 Å². The number of hydrogen-bond acceptors (Lipinski definition) is 8. The van der Waals surface area contributed by atoms with Crippen LogP contribution in [0.4, 0.5) is 5.69 Å². The second-order valence-corrected chi connectivity index (χ2v) is 16.4. The molecule has 4 aliphatic rings. The van der Waals surface area contributed by atoms with Crippen LogP contribution in [0, 0.1) is 17.8 Å². The fourth-order valence-electron chi connectivity index (χ4n) is 8.22. The van der Waals surface area contributed by atoms with Crippen LogP contribution < -0.4 is 14.4 Å². The maximum Gasteiger partial charge on any atom is 0.264 e. The lowest BCUT2D eigenvalue weighted by atomic mass is 9.68. The second kappa shape index (κ2) is 15.1. The van der Waals surface area contributed by atoms with Gasteiger partial charge in [0.15, 0.2) is 0 Å². The zero-order valence-corrected chi connectivity index (χ0v) is 29.9. The van der Waals surface area contributed by atoms with Gasteiger partial charge < -0.3 is 23.8 Å². The number of allylic oxidation sites excluding steroid dienone is 1. The number of methoxy groups -OCH3 is 2. The van der Waals surface area contributed by atoms with E-state index < -0.39 is 21.2 Å². The van der Waals surface area contributed by atoms with Crippen molar-refractivity contribution in [2.45, 2.75) is 68.6 Å². The van der Waals surface area contributed by atoms with Crippen LogP contribution >= 0.6 is 11.6 Å². The Labute approximate surface area is 290 Å². The Kier molecular flexibility index (Phi) is 11.1. The molecule has 2 aliphatic carbocycles. The maximum atomic E-state index is 13.8. The molecule has 1 fully saturated rings. The number of rotatable bonds is 7. The van der Waals surface area contributed by atoms with Gasteiger partial charge in [-0.25, -0.2) is 13.1 Å². The molecule has 0 saturated heterocycles.